The first-order valence-corrected chi connectivity index (χ1v) is 7.65. The monoisotopic (exact) mass is 330 g/mol. The van der Waals surface area contributed by atoms with Gasteiger partial charge in [0.2, 0.25) is 5.43 Å². The van der Waals surface area contributed by atoms with Crippen molar-refractivity contribution in [3.8, 4) is 11.5 Å². The van der Waals surface area contributed by atoms with Crippen molar-refractivity contribution in [3.05, 3.63) is 32.7 Å². The quantitative estimate of drug-likeness (QED) is 0.754. The zero-order valence-electron chi connectivity index (χ0n) is 13.8. The minimum Gasteiger partial charge on any atom is -0.487 e. The Bertz CT molecular complexity index is 1020. The molecule has 2 heterocycles. The molecule has 0 amide bonds. The van der Waals surface area contributed by atoms with Crippen LogP contribution in [0.5, 0.6) is 11.5 Å². The average molecular weight is 330 g/mol. The summed E-state index contributed by atoms with van der Waals surface area (Å²) >= 11 is 0. The molecule has 1 aromatic carbocycles. The van der Waals surface area contributed by atoms with Crippen LogP contribution in [0.15, 0.2) is 21.7 Å². The van der Waals surface area contributed by atoms with Crippen LogP contribution in [0.2, 0.25) is 0 Å². The zero-order valence-corrected chi connectivity index (χ0v) is 13.8. The molecule has 8 heteroatoms. The Morgan fingerprint density at radius 1 is 0.917 bits per heavy atom. The lowest BCUT2D eigenvalue weighted by atomic mass is 10.2. The van der Waals surface area contributed by atoms with E-state index in [1.54, 1.807) is 12.1 Å². The molecule has 3 rings (SSSR count). The van der Waals surface area contributed by atoms with Crippen LogP contribution in [-0.2, 0) is 0 Å². The van der Waals surface area contributed by atoms with Gasteiger partial charge in [0, 0.05) is 6.07 Å². The van der Waals surface area contributed by atoms with Crippen molar-refractivity contribution in [1.82, 2.24) is 20.4 Å². The maximum atomic E-state index is 12.7. The van der Waals surface area contributed by atoms with Gasteiger partial charge in [0.05, 0.1) is 23.1 Å². The highest BCUT2D eigenvalue weighted by atomic mass is 16.5. The molecule has 2 N–H and O–H groups in total. The van der Waals surface area contributed by atoms with Gasteiger partial charge in [-0.3, -0.25) is 9.59 Å². The number of aromatic nitrogens is 4. The normalized spacial score (nSPS) is 11.6. The summed E-state index contributed by atoms with van der Waals surface area (Å²) in [5.41, 5.74) is -0.611. The number of aromatic amines is 2. The van der Waals surface area contributed by atoms with Gasteiger partial charge in [-0.25, -0.2) is 0 Å². The number of hydrogen-bond acceptors (Lipinski definition) is 6. The van der Waals surface area contributed by atoms with Gasteiger partial charge in [-0.05, 0) is 33.8 Å². The molecule has 0 bridgehead atoms. The van der Waals surface area contributed by atoms with Crippen LogP contribution in [0, 0.1) is 0 Å². The molecule has 0 aliphatic rings. The Balaban J connectivity index is 2.40. The lowest BCUT2D eigenvalue weighted by Crippen LogP contribution is -2.11. The maximum Gasteiger partial charge on any atom is 0.278 e. The Morgan fingerprint density at radius 3 is 2.12 bits per heavy atom. The summed E-state index contributed by atoms with van der Waals surface area (Å²) in [7, 11) is 0. The van der Waals surface area contributed by atoms with Crippen LogP contribution in [0.1, 0.15) is 27.7 Å². The van der Waals surface area contributed by atoms with Crippen LogP contribution in [0.3, 0.4) is 0 Å². The molecule has 8 nitrogen and oxygen atoms in total. The molecule has 0 aliphatic carbocycles. The van der Waals surface area contributed by atoms with E-state index in [1.807, 2.05) is 27.7 Å². The first-order chi connectivity index (χ1) is 11.4. The molecular formula is C16H18N4O4. The molecule has 0 spiro atoms. The minimum absolute atomic E-state index is 0.0146. The van der Waals surface area contributed by atoms with E-state index in [0.717, 1.165) is 0 Å². The topological polar surface area (TPSA) is 110 Å². The summed E-state index contributed by atoms with van der Waals surface area (Å²) in [5.74, 6) is 0.895. The number of benzene rings is 1. The lowest BCUT2D eigenvalue weighted by molar-refractivity contribution is 0.199. The summed E-state index contributed by atoms with van der Waals surface area (Å²) in [4.78, 5) is 27.6. The first kappa shape index (κ1) is 16.0. The first-order valence-electron chi connectivity index (χ1n) is 7.65. The number of fused-ring (bicyclic) bond motifs is 2. The van der Waals surface area contributed by atoms with Crippen molar-refractivity contribution in [3.63, 3.8) is 0 Å². The van der Waals surface area contributed by atoms with Crippen molar-refractivity contribution < 1.29 is 9.47 Å². The second-order valence-corrected chi connectivity index (χ2v) is 5.98. The Hall–Kier alpha value is -2.90. The number of H-pyrrole nitrogens is 2. The molecule has 126 valence electrons. The van der Waals surface area contributed by atoms with Gasteiger partial charge >= 0.3 is 0 Å². The summed E-state index contributed by atoms with van der Waals surface area (Å²) in [5, 5.41) is 10.1. The van der Waals surface area contributed by atoms with Crippen LogP contribution >= 0.6 is 0 Å². The Morgan fingerprint density at radius 2 is 1.50 bits per heavy atom. The molecule has 2 aromatic heterocycles. The van der Waals surface area contributed by atoms with Crippen LogP contribution < -0.4 is 20.5 Å². The summed E-state index contributed by atoms with van der Waals surface area (Å²) in [6.07, 6.45) is -0.192. The van der Waals surface area contributed by atoms with Crippen LogP contribution in [0.25, 0.3) is 21.9 Å². The average Bonchev–Trinajstić information content (AvgIpc) is 2.94. The van der Waals surface area contributed by atoms with Crippen molar-refractivity contribution in [2.24, 2.45) is 0 Å². The third-order valence-corrected chi connectivity index (χ3v) is 3.28. The van der Waals surface area contributed by atoms with Gasteiger partial charge < -0.3 is 14.5 Å². The van der Waals surface area contributed by atoms with Gasteiger partial charge in [0.15, 0.2) is 22.5 Å². The molecule has 0 saturated carbocycles. The SMILES string of the molecule is CC(C)Oc1cc2[nH]c(=O)c3n[nH]nc3c(=O)c2cc1OC(C)C. The molecule has 0 radical (unpaired) electrons. The van der Waals surface area contributed by atoms with E-state index in [4.69, 9.17) is 9.47 Å². The fraction of sp³-hybridized carbons (Fsp3) is 0.375. The lowest BCUT2D eigenvalue weighted by Gasteiger charge is -2.17. The molecule has 0 aliphatic heterocycles. The molecule has 0 saturated heterocycles. The largest absolute Gasteiger partial charge is 0.487 e. The second kappa shape index (κ2) is 5.95. The van der Waals surface area contributed by atoms with Crippen LogP contribution in [-0.4, -0.2) is 32.6 Å². The fourth-order valence-electron chi connectivity index (χ4n) is 2.40. The Kier molecular flexibility index (Phi) is 3.96. The Labute approximate surface area is 136 Å². The molecule has 24 heavy (non-hydrogen) atoms. The molecule has 3 aromatic rings. The van der Waals surface area contributed by atoms with E-state index >= 15 is 0 Å². The highest BCUT2D eigenvalue weighted by Crippen LogP contribution is 2.32. The number of nitrogens with one attached hydrogen (secondary N) is 2. The standard InChI is InChI=1S/C16H18N4O4/c1-7(2)23-11-5-9-10(6-12(11)24-8(3)4)17-16(22)14-13(15(9)21)18-20-19-14/h5-8H,1-4H3,(H,17,22)(H,18,19,20). The third kappa shape index (κ3) is 2.82. The van der Waals surface area contributed by atoms with E-state index < -0.39 is 11.0 Å². The van der Waals surface area contributed by atoms with Crippen molar-refractivity contribution in [1.29, 1.82) is 0 Å². The van der Waals surface area contributed by atoms with Gasteiger partial charge in [-0.15, -0.1) is 0 Å². The van der Waals surface area contributed by atoms with E-state index in [-0.39, 0.29) is 28.6 Å². The van der Waals surface area contributed by atoms with Crippen molar-refractivity contribution in [2.45, 2.75) is 39.9 Å². The van der Waals surface area contributed by atoms with Gasteiger partial charge in [0.25, 0.3) is 5.56 Å². The predicted molar refractivity (Wildman–Crippen MR) is 89.8 cm³/mol. The van der Waals surface area contributed by atoms with E-state index in [2.05, 4.69) is 20.4 Å². The third-order valence-electron chi connectivity index (χ3n) is 3.28. The summed E-state index contributed by atoms with van der Waals surface area (Å²) in [6, 6.07) is 3.16. The van der Waals surface area contributed by atoms with Crippen molar-refractivity contribution in [2.75, 3.05) is 0 Å². The number of rotatable bonds is 4. The maximum absolute atomic E-state index is 12.7. The predicted octanol–water partition coefficient (Wildman–Crippen LogP) is 1.73. The highest BCUT2D eigenvalue weighted by molar-refractivity contribution is 5.88. The molecule has 0 unspecified atom stereocenters. The van der Waals surface area contributed by atoms with Gasteiger partial charge in [-0.2, -0.15) is 15.4 Å². The zero-order chi connectivity index (χ0) is 17.4. The van der Waals surface area contributed by atoms with Crippen LogP contribution in [0.4, 0.5) is 0 Å². The molecule has 0 atom stereocenters. The highest BCUT2D eigenvalue weighted by Gasteiger charge is 2.16. The summed E-state index contributed by atoms with van der Waals surface area (Å²) < 4.78 is 11.5. The van der Waals surface area contributed by atoms with E-state index in [1.165, 1.54) is 0 Å². The number of hydrogen-bond donors (Lipinski definition) is 2. The number of nitrogens with zero attached hydrogens (tertiary/aromatic N) is 2. The number of ether oxygens (including phenoxy) is 2. The fourth-order valence-corrected chi connectivity index (χ4v) is 2.40. The smallest absolute Gasteiger partial charge is 0.278 e. The molecular weight excluding hydrogens is 312 g/mol. The van der Waals surface area contributed by atoms with Gasteiger partial charge in [0.1, 0.15) is 0 Å². The van der Waals surface area contributed by atoms with E-state index in [0.29, 0.717) is 17.0 Å². The van der Waals surface area contributed by atoms with Gasteiger partial charge in [-0.1, -0.05) is 0 Å². The minimum atomic E-state index is -0.501. The second-order valence-electron chi connectivity index (χ2n) is 5.98. The molecule has 0 fully saturated rings. The summed E-state index contributed by atoms with van der Waals surface area (Å²) in [6.45, 7) is 7.52. The van der Waals surface area contributed by atoms with E-state index in [9.17, 15) is 9.59 Å². The van der Waals surface area contributed by atoms with Crippen molar-refractivity contribution >= 4 is 21.9 Å².